The van der Waals surface area contributed by atoms with E-state index in [1.54, 1.807) is 6.07 Å². The third-order valence-electron chi connectivity index (χ3n) is 3.93. The molecule has 0 aliphatic carbocycles. The van der Waals surface area contributed by atoms with Crippen LogP contribution in [0.4, 0.5) is 4.39 Å². The SMILES string of the molecule is Cc1ccc(OCCN(C)Cc2nc(Cc3cccc(F)c3)no2)cc1. The van der Waals surface area contributed by atoms with Gasteiger partial charge in [-0.3, -0.25) is 4.90 Å². The van der Waals surface area contributed by atoms with Crippen molar-refractivity contribution in [3.05, 3.63) is 77.2 Å². The molecule has 2 aromatic carbocycles. The van der Waals surface area contributed by atoms with E-state index in [1.807, 2.05) is 49.2 Å². The number of hydrogen-bond donors (Lipinski definition) is 0. The minimum atomic E-state index is -0.264. The zero-order chi connectivity index (χ0) is 18.4. The van der Waals surface area contributed by atoms with Crippen LogP contribution in [0.3, 0.4) is 0 Å². The summed E-state index contributed by atoms with van der Waals surface area (Å²) in [6.07, 6.45) is 0.446. The lowest BCUT2D eigenvalue weighted by atomic mass is 10.1. The van der Waals surface area contributed by atoms with Crippen LogP contribution in [0.5, 0.6) is 5.75 Å². The van der Waals surface area contributed by atoms with E-state index >= 15 is 0 Å². The van der Waals surface area contributed by atoms with Gasteiger partial charge in [-0.15, -0.1) is 0 Å². The van der Waals surface area contributed by atoms with E-state index in [2.05, 4.69) is 10.1 Å². The number of rotatable bonds is 8. The third-order valence-corrected chi connectivity index (χ3v) is 3.93. The van der Waals surface area contributed by atoms with Gasteiger partial charge in [0.1, 0.15) is 18.2 Å². The number of nitrogens with zero attached hydrogens (tertiary/aromatic N) is 3. The molecule has 0 N–H and O–H groups in total. The second-order valence-electron chi connectivity index (χ2n) is 6.31. The summed E-state index contributed by atoms with van der Waals surface area (Å²) in [5.41, 5.74) is 2.03. The van der Waals surface area contributed by atoms with Gasteiger partial charge in [-0.25, -0.2) is 4.39 Å². The molecule has 0 atom stereocenters. The smallest absolute Gasteiger partial charge is 0.240 e. The van der Waals surface area contributed by atoms with Crippen molar-refractivity contribution in [2.75, 3.05) is 20.2 Å². The number of aryl methyl sites for hydroxylation is 1. The molecule has 0 radical (unpaired) electrons. The lowest BCUT2D eigenvalue weighted by molar-refractivity contribution is 0.212. The van der Waals surface area contributed by atoms with Crippen LogP contribution in [-0.2, 0) is 13.0 Å². The summed E-state index contributed by atoms with van der Waals surface area (Å²) in [4.78, 5) is 6.42. The largest absolute Gasteiger partial charge is 0.492 e. The monoisotopic (exact) mass is 355 g/mol. The maximum absolute atomic E-state index is 13.2. The summed E-state index contributed by atoms with van der Waals surface area (Å²) in [7, 11) is 1.97. The average Bonchev–Trinajstić information content (AvgIpc) is 3.03. The Kier molecular flexibility index (Phi) is 5.96. The van der Waals surface area contributed by atoms with Crippen LogP contribution in [0.15, 0.2) is 53.1 Å². The van der Waals surface area contributed by atoms with Gasteiger partial charge in [0.05, 0.1) is 6.54 Å². The molecule has 0 amide bonds. The zero-order valence-corrected chi connectivity index (χ0v) is 15.0. The van der Waals surface area contributed by atoms with Gasteiger partial charge in [0.2, 0.25) is 5.89 Å². The summed E-state index contributed by atoms with van der Waals surface area (Å²) in [5, 5.41) is 3.96. The molecular weight excluding hydrogens is 333 g/mol. The predicted octanol–water partition coefficient (Wildman–Crippen LogP) is 3.62. The van der Waals surface area contributed by atoms with Crippen molar-refractivity contribution >= 4 is 0 Å². The van der Waals surface area contributed by atoms with E-state index in [4.69, 9.17) is 9.26 Å². The van der Waals surface area contributed by atoms with Gasteiger partial charge in [0.25, 0.3) is 0 Å². The van der Waals surface area contributed by atoms with E-state index in [1.165, 1.54) is 17.7 Å². The number of hydrogen-bond acceptors (Lipinski definition) is 5. The molecule has 0 bridgehead atoms. The summed E-state index contributed by atoms with van der Waals surface area (Å²) in [6.45, 7) is 3.89. The van der Waals surface area contributed by atoms with Crippen LogP contribution in [-0.4, -0.2) is 35.2 Å². The molecule has 5 nitrogen and oxygen atoms in total. The molecule has 6 heteroatoms. The van der Waals surface area contributed by atoms with E-state index < -0.39 is 0 Å². The minimum absolute atomic E-state index is 0.264. The first kappa shape index (κ1) is 18.1. The molecular formula is C20H22FN3O2. The van der Waals surface area contributed by atoms with Gasteiger partial charge in [-0.05, 0) is 43.8 Å². The van der Waals surface area contributed by atoms with Crippen molar-refractivity contribution < 1.29 is 13.7 Å². The van der Waals surface area contributed by atoms with Gasteiger partial charge < -0.3 is 9.26 Å². The summed E-state index contributed by atoms with van der Waals surface area (Å²) in [5.74, 6) is 1.68. The first-order chi connectivity index (χ1) is 12.6. The van der Waals surface area contributed by atoms with Crippen molar-refractivity contribution in [2.45, 2.75) is 19.9 Å². The standard InChI is InChI=1S/C20H22FN3O2/c1-15-6-8-18(9-7-15)25-11-10-24(2)14-20-22-19(23-26-20)13-16-4-3-5-17(21)12-16/h3-9,12H,10-11,13-14H2,1-2H3. The second kappa shape index (κ2) is 8.58. The molecule has 26 heavy (non-hydrogen) atoms. The highest BCUT2D eigenvalue weighted by molar-refractivity contribution is 5.26. The van der Waals surface area contributed by atoms with Gasteiger partial charge in [0.15, 0.2) is 5.82 Å². The van der Waals surface area contributed by atoms with Crippen molar-refractivity contribution in [1.29, 1.82) is 0 Å². The van der Waals surface area contributed by atoms with Crippen LogP contribution >= 0.6 is 0 Å². The van der Waals surface area contributed by atoms with Crippen LogP contribution < -0.4 is 4.74 Å². The molecule has 0 saturated carbocycles. The maximum atomic E-state index is 13.2. The Morgan fingerprint density at radius 2 is 1.96 bits per heavy atom. The summed E-state index contributed by atoms with van der Waals surface area (Å²) < 4.78 is 24.2. The fourth-order valence-electron chi connectivity index (χ4n) is 2.52. The molecule has 3 aromatic rings. The maximum Gasteiger partial charge on any atom is 0.240 e. The number of aromatic nitrogens is 2. The van der Waals surface area contributed by atoms with E-state index in [9.17, 15) is 4.39 Å². The topological polar surface area (TPSA) is 51.4 Å². The predicted molar refractivity (Wildman–Crippen MR) is 96.5 cm³/mol. The molecule has 0 saturated heterocycles. The third kappa shape index (κ3) is 5.39. The normalized spacial score (nSPS) is 11.1. The zero-order valence-electron chi connectivity index (χ0n) is 15.0. The molecule has 0 aliphatic heterocycles. The molecule has 3 rings (SSSR count). The highest BCUT2D eigenvalue weighted by atomic mass is 19.1. The number of ether oxygens (including phenoxy) is 1. The summed E-state index contributed by atoms with van der Waals surface area (Å²) >= 11 is 0. The highest BCUT2D eigenvalue weighted by Crippen LogP contribution is 2.12. The van der Waals surface area contributed by atoms with E-state index in [-0.39, 0.29) is 5.82 Å². The molecule has 1 heterocycles. The van der Waals surface area contributed by atoms with Crippen molar-refractivity contribution in [2.24, 2.45) is 0 Å². The van der Waals surface area contributed by atoms with Gasteiger partial charge in [-0.2, -0.15) is 4.98 Å². The molecule has 0 aliphatic rings. The minimum Gasteiger partial charge on any atom is -0.492 e. The molecule has 0 unspecified atom stereocenters. The average molecular weight is 355 g/mol. The van der Waals surface area contributed by atoms with Gasteiger partial charge >= 0.3 is 0 Å². The number of likely N-dealkylation sites (N-methyl/N-ethyl adjacent to an activating group) is 1. The highest BCUT2D eigenvalue weighted by Gasteiger charge is 2.10. The summed E-state index contributed by atoms with van der Waals surface area (Å²) in [6, 6.07) is 14.4. The van der Waals surface area contributed by atoms with Gasteiger partial charge in [0, 0.05) is 13.0 Å². The van der Waals surface area contributed by atoms with Gasteiger partial charge in [-0.1, -0.05) is 35.0 Å². The van der Waals surface area contributed by atoms with Crippen LogP contribution in [0.25, 0.3) is 0 Å². The van der Waals surface area contributed by atoms with E-state index in [0.717, 1.165) is 17.9 Å². The lowest BCUT2D eigenvalue weighted by Crippen LogP contribution is -2.24. The Morgan fingerprint density at radius 3 is 2.73 bits per heavy atom. The lowest BCUT2D eigenvalue weighted by Gasteiger charge is -2.14. The first-order valence-corrected chi connectivity index (χ1v) is 8.52. The van der Waals surface area contributed by atoms with Crippen molar-refractivity contribution in [3.63, 3.8) is 0 Å². The number of halogens is 1. The Hall–Kier alpha value is -2.73. The Labute approximate surface area is 152 Å². The molecule has 1 aromatic heterocycles. The van der Waals surface area contributed by atoms with Crippen molar-refractivity contribution in [1.82, 2.24) is 15.0 Å². The Balaban J connectivity index is 1.45. The van der Waals surface area contributed by atoms with Crippen LogP contribution in [0.1, 0.15) is 22.8 Å². The van der Waals surface area contributed by atoms with E-state index in [0.29, 0.717) is 31.3 Å². The fraction of sp³-hybridized carbons (Fsp3) is 0.300. The van der Waals surface area contributed by atoms with Crippen LogP contribution in [0.2, 0.25) is 0 Å². The Bertz CT molecular complexity index is 833. The second-order valence-corrected chi connectivity index (χ2v) is 6.31. The van der Waals surface area contributed by atoms with Crippen LogP contribution in [0, 0.1) is 12.7 Å². The number of benzene rings is 2. The quantitative estimate of drug-likeness (QED) is 0.618. The molecule has 0 fully saturated rings. The Morgan fingerprint density at radius 1 is 1.15 bits per heavy atom. The first-order valence-electron chi connectivity index (χ1n) is 8.52. The fourth-order valence-corrected chi connectivity index (χ4v) is 2.52. The molecule has 136 valence electrons. The molecule has 0 spiro atoms. The van der Waals surface area contributed by atoms with Crippen molar-refractivity contribution in [3.8, 4) is 5.75 Å².